The van der Waals surface area contributed by atoms with E-state index in [1.54, 1.807) is 12.1 Å². The van der Waals surface area contributed by atoms with Crippen molar-refractivity contribution in [3.8, 4) is 6.07 Å². The number of hydrogen-bond donors (Lipinski definition) is 3. The summed E-state index contributed by atoms with van der Waals surface area (Å²) in [5.41, 5.74) is -0.351. The molecule has 15 heteroatoms. The zero-order valence-corrected chi connectivity index (χ0v) is 24.4. The Morgan fingerprint density at radius 2 is 1.90 bits per heavy atom. The molecule has 1 amide bonds. The maximum atomic E-state index is 14.5. The standard InChI is InChI=1S/C27H32N7O7P/c1-14(2)34(15(3)4)42(39-11-7-10-28)41-22-18(12-35)40-26-19(22)21(36)16-8-5-6-9-17(16)24(37)31-27-30-23-20(25(38)32-27)29-13-33(23)26/h5-6,8-9,13-15,18-19,22,26,35H,7,11-12H2,1-4H3,(H2,30,31,32,37,38)/t18-,19-,22-,26-,42?/m1/s1. The van der Waals surface area contributed by atoms with E-state index in [1.807, 2.05) is 32.4 Å². The molecular weight excluding hydrogens is 565 g/mol. The molecule has 0 spiro atoms. The second kappa shape index (κ2) is 12.3. The Bertz CT molecular complexity index is 1570. The van der Waals surface area contributed by atoms with Gasteiger partial charge in [-0.15, -0.1) is 0 Å². The van der Waals surface area contributed by atoms with Gasteiger partial charge in [-0.05, 0) is 33.8 Å². The van der Waals surface area contributed by atoms with Crippen molar-refractivity contribution in [2.75, 3.05) is 18.5 Å². The highest BCUT2D eigenvalue weighted by Gasteiger charge is 2.53. The lowest BCUT2D eigenvalue weighted by Gasteiger charge is -2.38. The van der Waals surface area contributed by atoms with E-state index in [9.17, 15) is 19.5 Å². The molecule has 5 rings (SSSR count). The molecule has 222 valence electrons. The van der Waals surface area contributed by atoms with Crippen molar-refractivity contribution in [2.24, 2.45) is 5.92 Å². The van der Waals surface area contributed by atoms with Gasteiger partial charge in [0.2, 0.25) is 5.95 Å². The fraction of sp³-hybridized carbons (Fsp3) is 0.481. The number of carbonyl (C=O) groups is 2. The summed E-state index contributed by atoms with van der Waals surface area (Å²) in [6.07, 6.45) is -1.66. The highest BCUT2D eigenvalue weighted by atomic mass is 31.2. The normalized spacial score (nSPS) is 22.7. The van der Waals surface area contributed by atoms with Crippen LogP contribution in [-0.2, 0) is 13.8 Å². The fourth-order valence-electron chi connectivity index (χ4n) is 5.35. The topological polar surface area (TPSA) is 185 Å². The van der Waals surface area contributed by atoms with Crippen LogP contribution in [0.5, 0.6) is 0 Å². The summed E-state index contributed by atoms with van der Waals surface area (Å²) in [6.45, 7) is 7.53. The van der Waals surface area contributed by atoms with Crippen LogP contribution in [0.3, 0.4) is 0 Å². The van der Waals surface area contributed by atoms with Crippen molar-refractivity contribution < 1.29 is 28.5 Å². The van der Waals surface area contributed by atoms with Crippen LogP contribution < -0.4 is 10.9 Å². The third kappa shape index (κ3) is 5.47. The largest absolute Gasteiger partial charge is 0.394 e. The fourth-order valence-corrected chi connectivity index (χ4v) is 7.13. The summed E-state index contributed by atoms with van der Waals surface area (Å²) in [6, 6.07) is 8.31. The predicted octanol–water partition coefficient (Wildman–Crippen LogP) is 2.74. The van der Waals surface area contributed by atoms with E-state index in [1.165, 1.54) is 23.0 Å². The number of aliphatic hydroxyl groups excluding tert-OH is 1. The number of ether oxygens (including phenoxy) is 1. The van der Waals surface area contributed by atoms with Crippen LogP contribution in [0.15, 0.2) is 35.4 Å². The van der Waals surface area contributed by atoms with Crippen LogP contribution >= 0.6 is 8.53 Å². The molecule has 2 bridgehead atoms. The summed E-state index contributed by atoms with van der Waals surface area (Å²) < 4.78 is 22.4. The summed E-state index contributed by atoms with van der Waals surface area (Å²) in [4.78, 5) is 51.7. The number of H-pyrrole nitrogens is 1. The molecule has 2 aromatic heterocycles. The number of anilines is 1. The van der Waals surface area contributed by atoms with Crippen molar-refractivity contribution >= 4 is 37.3 Å². The van der Waals surface area contributed by atoms with E-state index >= 15 is 0 Å². The molecule has 0 saturated carbocycles. The van der Waals surface area contributed by atoms with Gasteiger partial charge in [0.1, 0.15) is 18.4 Å². The van der Waals surface area contributed by atoms with Crippen LogP contribution in [0, 0.1) is 17.2 Å². The average molecular weight is 598 g/mol. The molecule has 5 atom stereocenters. The van der Waals surface area contributed by atoms with E-state index in [2.05, 4.69) is 26.3 Å². The maximum absolute atomic E-state index is 14.5. The van der Waals surface area contributed by atoms with Gasteiger partial charge in [-0.3, -0.25) is 29.3 Å². The van der Waals surface area contributed by atoms with Gasteiger partial charge < -0.3 is 18.9 Å². The number of nitriles is 1. The molecule has 2 aliphatic rings. The first-order valence-corrected chi connectivity index (χ1v) is 14.7. The summed E-state index contributed by atoms with van der Waals surface area (Å²) in [5, 5.41) is 22.1. The third-order valence-corrected chi connectivity index (χ3v) is 9.20. The Morgan fingerprint density at radius 3 is 2.57 bits per heavy atom. The van der Waals surface area contributed by atoms with Gasteiger partial charge in [0.15, 0.2) is 16.9 Å². The molecule has 1 saturated heterocycles. The third-order valence-electron chi connectivity index (χ3n) is 7.07. The molecule has 1 fully saturated rings. The van der Waals surface area contributed by atoms with Crippen LogP contribution in [-0.4, -0.2) is 78.5 Å². The summed E-state index contributed by atoms with van der Waals surface area (Å²) in [5.74, 6) is -2.35. The molecule has 3 aromatic rings. The van der Waals surface area contributed by atoms with Crippen molar-refractivity contribution in [3.63, 3.8) is 0 Å². The molecule has 0 radical (unpaired) electrons. The number of rotatable bonds is 9. The van der Waals surface area contributed by atoms with Crippen molar-refractivity contribution in [2.45, 2.75) is 64.6 Å². The number of imidazole rings is 1. The molecule has 2 aliphatic heterocycles. The first kappa shape index (κ1) is 29.9. The summed E-state index contributed by atoms with van der Waals surface area (Å²) >= 11 is 0. The minimum Gasteiger partial charge on any atom is -0.394 e. The van der Waals surface area contributed by atoms with Gasteiger partial charge in [0, 0.05) is 17.6 Å². The smallest absolute Gasteiger partial charge is 0.280 e. The molecule has 1 unspecified atom stereocenters. The van der Waals surface area contributed by atoms with Gasteiger partial charge in [0.05, 0.1) is 43.5 Å². The van der Waals surface area contributed by atoms with E-state index in [-0.39, 0.29) is 53.4 Å². The lowest BCUT2D eigenvalue weighted by atomic mass is 9.88. The van der Waals surface area contributed by atoms with Crippen molar-refractivity contribution in [1.82, 2.24) is 24.2 Å². The Balaban J connectivity index is 1.68. The number of ketones is 1. The number of carbonyl (C=O) groups excluding carboxylic acids is 2. The molecule has 0 aliphatic carbocycles. The zero-order chi connectivity index (χ0) is 30.1. The number of hydrogen-bond acceptors (Lipinski definition) is 11. The molecular formula is C27H32N7O7P. The summed E-state index contributed by atoms with van der Waals surface area (Å²) in [7, 11) is -1.84. The lowest BCUT2D eigenvalue weighted by molar-refractivity contribution is -0.0427. The number of nitrogens with zero attached hydrogens (tertiary/aromatic N) is 5. The Labute approximate surface area is 242 Å². The van der Waals surface area contributed by atoms with Crippen LogP contribution in [0.4, 0.5) is 5.95 Å². The van der Waals surface area contributed by atoms with Gasteiger partial charge in [0.25, 0.3) is 20.0 Å². The second-order valence-electron chi connectivity index (χ2n) is 10.5. The quantitative estimate of drug-likeness (QED) is 0.243. The number of Topliss-reactive ketones (excluding diaryl/α,β-unsaturated/α-hetero) is 1. The molecule has 3 N–H and O–H groups in total. The second-order valence-corrected chi connectivity index (χ2v) is 11.9. The maximum Gasteiger partial charge on any atom is 0.280 e. The zero-order valence-electron chi connectivity index (χ0n) is 23.6. The monoisotopic (exact) mass is 597 g/mol. The number of nitrogens with one attached hydrogen (secondary N) is 2. The highest BCUT2D eigenvalue weighted by Crippen LogP contribution is 2.52. The van der Waals surface area contributed by atoms with Gasteiger partial charge in [-0.2, -0.15) is 10.2 Å². The van der Waals surface area contributed by atoms with E-state index in [0.29, 0.717) is 0 Å². The van der Waals surface area contributed by atoms with Crippen molar-refractivity contribution in [1.29, 1.82) is 5.26 Å². The minimum absolute atomic E-state index is 0.0163. The van der Waals surface area contributed by atoms with Crippen LogP contribution in [0.2, 0.25) is 0 Å². The molecule has 1 aromatic carbocycles. The number of amides is 1. The Kier molecular flexibility index (Phi) is 8.79. The number of aromatic nitrogens is 4. The van der Waals surface area contributed by atoms with E-state index in [0.717, 1.165) is 0 Å². The number of aliphatic hydroxyl groups is 1. The minimum atomic E-state index is -1.84. The van der Waals surface area contributed by atoms with E-state index in [4.69, 9.17) is 19.0 Å². The first-order chi connectivity index (χ1) is 20.2. The van der Waals surface area contributed by atoms with Gasteiger partial charge >= 0.3 is 0 Å². The number of aromatic amines is 1. The van der Waals surface area contributed by atoms with Crippen LogP contribution in [0.1, 0.15) is 61.1 Å². The molecule has 14 nitrogen and oxygen atoms in total. The molecule has 42 heavy (non-hydrogen) atoms. The van der Waals surface area contributed by atoms with Gasteiger partial charge in [-0.1, -0.05) is 18.2 Å². The van der Waals surface area contributed by atoms with E-state index < -0.39 is 56.7 Å². The predicted molar refractivity (Wildman–Crippen MR) is 151 cm³/mol. The SMILES string of the molecule is CC(C)N(C(C)C)P(OCCC#N)O[C@H]1[C@H]2C(=O)c3ccccc3C(=O)Nc3nc4c(ncn4[C@@H]2O[C@@H]1CO)c(=O)[nH]3. The number of benzene rings is 1. The Hall–Kier alpha value is -3.57. The lowest BCUT2D eigenvalue weighted by Crippen LogP contribution is -2.40. The van der Waals surface area contributed by atoms with Crippen LogP contribution in [0.25, 0.3) is 11.2 Å². The highest BCUT2D eigenvalue weighted by molar-refractivity contribution is 7.44. The Morgan fingerprint density at radius 1 is 1.19 bits per heavy atom. The first-order valence-electron chi connectivity index (χ1n) is 13.6. The molecule has 4 heterocycles. The van der Waals surface area contributed by atoms with Crippen molar-refractivity contribution in [3.05, 3.63) is 52.1 Å². The van der Waals surface area contributed by atoms with Gasteiger partial charge in [-0.25, -0.2) is 9.65 Å². The number of fused-ring (bicyclic) bond motifs is 4. The average Bonchev–Trinajstić information content (AvgIpc) is 3.53.